The van der Waals surface area contributed by atoms with Crippen LogP contribution < -0.4 is 14.5 Å². The lowest BCUT2D eigenvalue weighted by Crippen LogP contribution is -3.09. The van der Waals surface area contributed by atoms with Gasteiger partial charge in [-0.15, -0.1) is 0 Å². The SMILES string of the molecule is CCN(CC)c1cccc2c1OC1=CC([NH+](C)C)C=CC1=C2c1ccc(S(=O)(=O)Cl)cc1S(=O)(=O)[O-]. The van der Waals surface area contributed by atoms with Crippen LogP contribution in [0.4, 0.5) is 5.69 Å². The molecule has 1 aliphatic heterocycles. The summed E-state index contributed by atoms with van der Waals surface area (Å²) in [6.45, 7) is 5.48. The van der Waals surface area contributed by atoms with E-state index in [1.807, 2.05) is 58.3 Å². The minimum Gasteiger partial charge on any atom is -0.744 e. The highest BCUT2D eigenvalue weighted by molar-refractivity contribution is 8.13. The van der Waals surface area contributed by atoms with E-state index >= 15 is 0 Å². The summed E-state index contributed by atoms with van der Waals surface area (Å²) in [5, 5.41) is 0. The van der Waals surface area contributed by atoms with Gasteiger partial charge in [-0.1, -0.05) is 18.2 Å². The van der Waals surface area contributed by atoms with E-state index in [1.54, 1.807) is 6.07 Å². The first-order valence-electron chi connectivity index (χ1n) is 11.4. The van der Waals surface area contributed by atoms with Gasteiger partial charge in [0.2, 0.25) is 0 Å². The molecule has 0 spiro atoms. The van der Waals surface area contributed by atoms with Crippen molar-refractivity contribution in [1.82, 2.24) is 0 Å². The fourth-order valence-electron chi connectivity index (χ4n) is 4.50. The smallest absolute Gasteiger partial charge is 0.261 e. The van der Waals surface area contributed by atoms with Crippen molar-refractivity contribution >= 4 is 41.1 Å². The number of halogens is 1. The van der Waals surface area contributed by atoms with E-state index in [1.165, 1.54) is 12.1 Å². The van der Waals surface area contributed by atoms with E-state index < -0.39 is 29.0 Å². The van der Waals surface area contributed by atoms with E-state index in [4.69, 9.17) is 15.4 Å². The van der Waals surface area contributed by atoms with Crippen LogP contribution in [0.2, 0.25) is 0 Å². The molecule has 0 bridgehead atoms. The molecule has 0 aromatic heterocycles. The molecule has 2 aliphatic rings. The van der Waals surface area contributed by atoms with Gasteiger partial charge in [0, 0.05) is 52.1 Å². The van der Waals surface area contributed by atoms with Gasteiger partial charge < -0.3 is 19.1 Å². The first-order valence-corrected chi connectivity index (χ1v) is 15.1. The van der Waals surface area contributed by atoms with Crippen LogP contribution in [-0.4, -0.2) is 54.6 Å². The molecule has 0 saturated heterocycles. The molecule has 8 nitrogen and oxygen atoms in total. The van der Waals surface area contributed by atoms with Gasteiger partial charge in [0.1, 0.15) is 21.9 Å². The molecule has 36 heavy (non-hydrogen) atoms. The van der Waals surface area contributed by atoms with Crippen molar-refractivity contribution in [3.8, 4) is 5.75 Å². The number of hydrogen-bond donors (Lipinski definition) is 1. The third-order valence-electron chi connectivity index (χ3n) is 6.36. The van der Waals surface area contributed by atoms with Gasteiger partial charge in [0.05, 0.1) is 29.6 Å². The van der Waals surface area contributed by atoms with Crippen LogP contribution in [0.25, 0.3) is 5.57 Å². The molecule has 11 heteroatoms. The fraction of sp³-hybridized carbons (Fsp3) is 0.280. The number of benzene rings is 2. The van der Waals surface area contributed by atoms with Gasteiger partial charge in [-0.3, -0.25) is 0 Å². The first kappa shape index (κ1) is 26.4. The van der Waals surface area contributed by atoms with Gasteiger partial charge >= 0.3 is 0 Å². The summed E-state index contributed by atoms with van der Waals surface area (Å²) in [6, 6.07) is 8.91. The normalized spacial score (nSPS) is 17.4. The number of ether oxygens (including phenoxy) is 1. The Labute approximate surface area is 216 Å². The summed E-state index contributed by atoms with van der Waals surface area (Å²) in [5.41, 5.74) is 2.57. The lowest BCUT2D eigenvalue weighted by atomic mass is 9.86. The number of quaternary nitrogens is 1. The second-order valence-corrected chi connectivity index (χ2v) is 12.7. The molecule has 0 saturated carbocycles. The maximum atomic E-state index is 12.4. The number of likely N-dealkylation sites (N-methyl/N-ethyl adjacent to an activating group) is 1. The predicted octanol–water partition coefficient (Wildman–Crippen LogP) is 2.53. The van der Waals surface area contributed by atoms with Gasteiger partial charge in [-0.2, -0.15) is 0 Å². The number of fused-ring (bicyclic) bond motifs is 2. The van der Waals surface area contributed by atoms with Crippen molar-refractivity contribution in [2.75, 3.05) is 32.1 Å². The van der Waals surface area contributed by atoms with E-state index in [2.05, 4.69) is 4.90 Å². The highest BCUT2D eigenvalue weighted by Gasteiger charge is 2.32. The second-order valence-electron chi connectivity index (χ2n) is 8.76. The summed E-state index contributed by atoms with van der Waals surface area (Å²) in [4.78, 5) is 2.12. The third-order valence-corrected chi connectivity index (χ3v) is 8.58. The molecule has 1 aliphatic carbocycles. The largest absolute Gasteiger partial charge is 0.744 e. The number of nitrogens with zero attached hydrogens (tertiary/aromatic N) is 1. The van der Waals surface area contributed by atoms with Crippen molar-refractivity contribution in [3.05, 3.63) is 77.1 Å². The van der Waals surface area contributed by atoms with Gasteiger partial charge in [0.25, 0.3) is 9.05 Å². The van der Waals surface area contributed by atoms with E-state index in [-0.39, 0.29) is 11.6 Å². The Morgan fingerprint density at radius 3 is 2.33 bits per heavy atom. The summed E-state index contributed by atoms with van der Waals surface area (Å²) in [5.74, 6) is 1.08. The van der Waals surface area contributed by atoms with Gasteiger partial charge in [-0.25, -0.2) is 16.8 Å². The monoisotopic (exact) mass is 550 g/mol. The molecular formula is C25H27ClN2O6S2. The van der Waals surface area contributed by atoms with Crippen molar-refractivity contribution in [1.29, 1.82) is 0 Å². The number of anilines is 1. The number of hydrogen-bond acceptors (Lipinski definition) is 7. The molecule has 2 aromatic carbocycles. The Morgan fingerprint density at radius 1 is 1.06 bits per heavy atom. The lowest BCUT2D eigenvalue weighted by molar-refractivity contribution is -0.871. The molecule has 0 amide bonds. The van der Waals surface area contributed by atoms with Crippen LogP contribution in [0, 0.1) is 0 Å². The molecule has 1 heterocycles. The van der Waals surface area contributed by atoms with Gasteiger partial charge in [-0.05, 0) is 44.2 Å². The fourth-order valence-corrected chi connectivity index (χ4v) is 6.06. The Morgan fingerprint density at radius 2 is 1.75 bits per heavy atom. The number of allylic oxidation sites excluding steroid dienone is 1. The zero-order valence-electron chi connectivity index (χ0n) is 20.3. The van der Waals surface area contributed by atoms with E-state index in [0.29, 0.717) is 41.3 Å². The molecule has 1 atom stereocenters. The van der Waals surface area contributed by atoms with Crippen molar-refractivity contribution in [2.45, 2.75) is 29.7 Å². The average molecular weight is 551 g/mol. The number of para-hydroxylation sites is 1. The zero-order valence-corrected chi connectivity index (χ0v) is 22.7. The average Bonchev–Trinajstić information content (AvgIpc) is 2.81. The number of rotatable bonds is 7. The summed E-state index contributed by atoms with van der Waals surface area (Å²) < 4.78 is 67.4. The van der Waals surface area contributed by atoms with E-state index in [9.17, 15) is 21.4 Å². The van der Waals surface area contributed by atoms with Crippen LogP contribution >= 0.6 is 10.7 Å². The van der Waals surface area contributed by atoms with Crippen LogP contribution in [0.1, 0.15) is 25.0 Å². The molecule has 1 unspecified atom stereocenters. The quantitative estimate of drug-likeness (QED) is 0.417. The standard InChI is InChI=1S/C25H27ClN2O6S2/c1-5-28(6-2)21-9-7-8-20-24(18-12-10-16(27(3)4)14-22(18)34-25(20)21)19-13-11-17(35(26,29)30)15-23(19)36(31,32)33/h7-16H,5-6H2,1-4H3,(H,31,32,33). The van der Waals surface area contributed by atoms with E-state index in [0.717, 1.165) is 16.7 Å². The predicted molar refractivity (Wildman–Crippen MR) is 138 cm³/mol. The summed E-state index contributed by atoms with van der Waals surface area (Å²) in [7, 11) is 0.136. The summed E-state index contributed by atoms with van der Waals surface area (Å²) >= 11 is 0. The molecule has 192 valence electrons. The maximum absolute atomic E-state index is 12.4. The van der Waals surface area contributed by atoms with Crippen LogP contribution in [0.5, 0.6) is 5.75 Å². The van der Waals surface area contributed by atoms with Crippen molar-refractivity contribution in [3.63, 3.8) is 0 Å². The Hall–Kier alpha value is -2.63. The van der Waals surface area contributed by atoms with Crippen molar-refractivity contribution < 1.29 is 31.0 Å². The van der Waals surface area contributed by atoms with Crippen LogP contribution in [0.3, 0.4) is 0 Å². The zero-order chi connectivity index (χ0) is 26.4. The molecule has 0 radical (unpaired) electrons. The Kier molecular flexibility index (Phi) is 7.11. The third kappa shape index (κ3) is 4.83. The highest BCUT2D eigenvalue weighted by atomic mass is 35.7. The van der Waals surface area contributed by atoms with Crippen LogP contribution in [-0.2, 0) is 19.2 Å². The Bertz CT molecular complexity index is 1520. The molecule has 4 rings (SSSR count). The highest BCUT2D eigenvalue weighted by Crippen LogP contribution is 2.48. The molecular weight excluding hydrogens is 524 g/mol. The van der Waals surface area contributed by atoms with Crippen molar-refractivity contribution in [2.24, 2.45) is 0 Å². The molecule has 0 fully saturated rings. The summed E-state index contributed by atoms with van der Waals surface area (Å²) in [6.07, 6.45) is 5.78. The first-order chi connectivity index (χ1) is 16.9. The minimum atomic E-state index is -5.07. The minimum absolute atomic E-state index is 0.0126. The Balaban J connectivity index is 2.10. The molecule has 1 N–H and O–H groups in total. The maximum Gasteiger partial charge on any atom is 0.261 e. The molecule has 2 aromatic rings. The topological polar surface area (TPSA) is 108 Å². The second kappa shape index (κ2) is 9.68. The van der Waals surface area contributed by atoms with Gasteiger partial charge in [0.15, 0.2) is 5.75 Å². The van der Waals surface area contributed by atoms with Crippen LogP contribution in [0.15, 0.2) is 75.7 Å². The lowest BCUT2D eigenvalue weighted by Gasteiger charge is -2.33. The number of nitrogens with one attached hydrogen (secondary N) is 1.